The highest BCUT2D eigenvalue weighted by atomic mass is 32.2. The Hall–Kier alpha value is -3.08. The van der Waals surface area contributed by atoms with Crippen LogP contribution in [0.1, 0.15) is 16.1 Å². The number of nitrogens with zero attached hydrogens (tertiary/aromatic N) is 3. The van der Waals surface area contributed by atoms with E-state index in [9.17, 15) is 18.0 Å². The molecular formula is C24H26N4O4S2. The van der Waals surface area contributed by atoms with E-state index < -0.39 is 33.9 Å². The van der Waals surface area contributed by atoms with Crippen molar-refractivity contribution in [3.8, 4) is 0 Å². The van der Waals surface area contributed by atoms with Crippen LogP contribution in [0.5, 0.6) is 0 Å². The number of hydrogen-bond acceptors (Lipinski definition) is 6. The fraction of sp³-hybridized carbons (Fsp3) is 0.292. The summed E-state index contributed by atoms with van der Waals surface area (Å²) in [7, 11) is -3.94. The van der Waals surface area contributed by atoms with Crippen molar-refractivity contribution in [3.63, 3.8) is 0 Å². The van der Waals surface area contributed by atoms with Gasteiger partial charge in [-0.3, -0.25) is 9.59 Å². The summed E-state index contributed by atoms with van der Waals surface area (Å²) in [5.74, 6) is -1.08. The minimum absolute atomic E-state index is 0.0566. The number of carbonyl (C=O) groups excluding carboxylic acids is 2. The van der Waals surface area contributed by atoms with Crippen molar-refractivity contribution in [2.24, 2.45) is 5.73 Å². The van der Waals surface area contributed by atoms with Crippen LogP contribution in [0.25, 0.3) is 0 Å². The molecule has 1 fully saturated rings. The lowest BCUT2D eigenvalue weighted by molar-refractivity contribution is -0.146. The van der Waals surface area contributed by atoms with E-state index in [2.05, 4.69) is 4.98 Å². The number of aryl methyl sites for hydroxylation is 1. The van der Waals surface area contributed by atoms with E-state index in [1.807, 2.05) is 37.3 Å². The van der Waals surface area contributed by atoms with Gasteiger partial charge in [0.2, 0.25) is 21.8 Å². The Balaban J connectivity index is 1.69. The molecule has 1 aromatic heterocycles. The minimum Gasteiger partial charge on any atom is -0.368 e. The molecule has 178 valence electrons. The predicted molar refractivity (Wildman–Crippen MR) is 130 cm³/mol. The zero-order valence-electron chi connectivity index (χ0n) is 18.7. The number of benzene rings is 2. The second kappa shape index (κ2) is 10.0. The highest BCUT2D eigenvalue weighted by molar-refractivity contribution is 7.89. The molecule has 0 spiro atoms. The fourth-order valence-electron chi connectivity index (χ4n) is 4.14. The van der Waals surface area contributed by atoms with Crippen molar-refractivity contribution in [2.75, 3.05) is 13.1 Å². The first kappa shape index (κ1) is 24.1. The molecule has 3 aromatic rings. The van der Waals surface area contributed by atoms with Gasteiger partial charge < -0.3 is 10.6 Å². The SMILES string of the molecule is Cc1ccc(S(=O)(=O)N2CCN([C@@H](Cc3nccs3)C(N)=O)C(=O)[C@H]2Cc2ccccc2)cc1. The first-order chi connectivity index (χ1) is 16.3. The molecule has 0 bridgehead atoms. The quantitative estimate of drug-likeness (QED) is 0.510. The van der Waals surface area contributed by atoms with Crippen LogP contribution in [0.15, 0.2) is 71.1 Å². The number of nitrogens with two attached hydrogens (primary N) is 1. The summed E-state index contributed by atoms with van der Waals surface area (Å²) in [5, 5.41) is 2.48. The summed E-state index contributed by atoms with van der Waals surface area (Å²) in [5.41, 5.74) is 7.44. The number of amides is 2. The Kier molecular flexibility index (Phi) is 7.11. The Bertz CT molecular complexity index is 1250. The number of carbonyl (C=O) groups is 2. The van der Waals surface area contributed by atoms with E-state index in [4.69, 9.17) is 5.73 Å². The number of primary amides is 1. The number of sulfonamides is 1. The first-order valence-electron chi connectivity index (χ1n) is 10.9. The molecule has 1 saturated heterocycles. The Labute approximate surface area is 203 Å². The summed E-state index contributed by atoms with van der Waals surface area (Å²) in [6.45, 7) is 2.00. The van der Waals surface area contributed by atoms with Crippen molar-refractivity contribution < 1.29 is 18.0 Å². The third kappa shape index (κ3) is 5.03. The molecule has 10 heteroatoms. The maximum Gasteiger partial charge on any atom is 0.243 e. The van der Waals surface area contributed by atoms with Gasteiger partial charge in [-0.25, -0.2) is 13.4 Å². The van der Waals surface area contributed by atoms with Gasteiger partial charge >= 0.3 is 0 Å². The summed E-state index contributed by atoms with van der Waals surface area (Å²) in [6.07, 6.45) is 2.01. The lowest BCUT2D eigenvalue weighted by Crippen LogP contribution is -2.63. The lowest BCUT2D eigenvalue weighted by Gasteiger charge is -2.42. The topological polar surface area (TPSA) is 114 Å². The van der Waals surface area contributed by atoms with Gasteiger partial charge in [-0.2, -0.15) is 4.31 Å². The zero-order valence-corrected chi connectivity index (χ0v) is 20.3. The molecule has 1 aliphatic heterocycles. The standard InChI is InChI=1S/C24H26N4O4S2/c1-17-7-9-19(10-8-17)34(31,32)28-13-12-27(20(23(25)29)16-22-26-11-14-33-22)24(30)21(28)15-18-5-3-2-4-6-18/h2-11,14,20-21H,12-13,15-16H2,1H3,(H2,25,29)/t20-,21+/m0/s1. The van der Waals surface area contributed by atoms with Crippen molar-refractivity contribution in [2.45, 2.75) is 36.7 Å². The number of rotatable bonds is 8. The van der Waals surface area contributed by atoms with Crippen LogP contribution in [-0.2, 0) is 32.5 Å². The van der Waals surface area contributed by atoms with Crippen LogP contribution in [0.2, 0.25) is 0 Å². The van der Waals surface area contributed by atoms with Crippen molar-refractivity contribution in [3.05, 3.63) is 82.3 Å². The van der Waals surface area contributed by atoms with E-state index in [0.29, 0.717) is 5.01 Å². The van der Waals surface area contributed by atoms with Crippen molar-refractivity contribution in [1.29, 1.82) is 0 Å². The monoisotopic (exact) mass is 498 g/mol. The van der Waals surface area contributed by atoms with Crippen LogP contribution in [0.3, 0.4) is 0 Å². The van der Waals surface area contributed by atoms with E-state index in [1.54, 1.807) is 35.8 Å². The summed E-state index contributed by atoms with van der Waals surface area (Å²) < 4.78 is 28.4. The number of piperazine rings is 1. The molecule has 0 radical (unpaired) electrons. The van der Waals surface area contributed by atoms with E-state index in [1.165, 1.54) is 20.5 Å². The lowest BCUT2D eigenvalue weighted by atomic mass is 10.0. The van der Waals surface area contributed by atoms with Gasteiger partial charge in [0, 0.05) is 31.1 Å². The van der Waals surface area contributed by atoms with E-state index >= 15 is 0 Å². The predicted octanol–water partition coefficient (Wildman–Crippen LogP) is 1.99. The van der Waals surface area contributed by atoms with Crippen molar-refractivity contribution in [1.82, 2.24) is 14.2 Å². The molecule has 2 atom stereocenters. The molecule has 0 saturated carbocycles. The maximum absolute atomic E-state index is 13.7. The third-order valence-corrected chi connectivity index (χ3v) is 8.66. The normalized spacial score (nSPS) is 18.1. The zero-order chi connectivity index (χ0) is 24.3. The van der Waals surface area contributed by atoms with Gasteiger partial charge in [-0.15, -0.1) is 11.3 Å². The van der Waals surface area contributed by atoms with E-state index in [-0.39, 0.29) is 30.8 Å². The second-order valence-electron chi connectivity index (χ2n) is 8.21. The second-order valence-corrected chi connectivity index (χ2v) is 11.1. The summed E-state index contributed by atoms with van der Waals surface area (Å²) in [4.78, 5) is 31.8. The van der Waals surface area contributed by atoms with Gasteiger partial charge in [0.1, 0.15) is 12.1 Å². The van der Waals surface area contributed by atoms with Crippen LogP contribution >= 0.6 is 11.3 Å². The summed E-state index contributed by atoms with van der Waals surface area (Å²) >= 11 is 1.38. The molecular weight excluding hydrogens is 472 g/mol. The minimum atomic E-state index is -3.94. The molecule has 2 N–H and O–H groups in total. The Morgan fingerprint density at radius 2 is 1.85 bits per heavy atom. The third-order valence-electron chi connectivity index (χ3n) is 5.93. The molecule has 1 aliphatic rings. The van der Waals surface area contributed by atoms with Gasteiger partial charge in [0.25, 0.3) is 0 Å². The van der Waals surface area contributed by atoms with Crippen molar-refractivity contribution >= 4 is 33.2 Å². The molecule has 2 aromatic carbocycles. The van der Waals surface area contributed by atoms with Gasteiger partial charge in [0.05, 0.1) is 9.90 Å². The number of thiazole rings is 1. The summed E-state index contributed by atoms with van der Waals surface area (Å²) in [6, 6.07) is 13.9. The maximum atomic E-state index is 13.7. The first-order valence-corrected chi connectivity index (χ1v) is 13.2. The Morgan fingerprint density at radius 3 is 2.47 bits per heavy atom. The smallest absolute Gasteiger partial charge is 0.243 e. The Morgan fingerprint density at radius 1 is 1.15 bits per heavy atom. The molecule has 4 rings (SSSR count). The van der Waals surface area contributed by atoms with E-state index in [0.717, 1.165) is 11.1 Å². The molecule has 2 heterocycles. The fourth-order valence-corrected chi connectivity index (χ4v) is 6.37. The molecule has 0 aliphatic carbocycles. The molecule has 8 nitrogen and oxygen atoms in total. The average molecular weight is 499 g/mol. The van der Waals surface area contributed by atoms with Gasteiger partial charge in [-0.1, -0.05) is 48.0 Å². The van der Waals surface area contributed by atoms with Crippen LogP contribution in [0, 0.1) is 6.92 Å². The highest BCUT2D eigenvalue weighted by Gasteiger charge is 2.44. The van der Waals surface area contributed by atoms with Gasteiger partial charge in [-0.05, 0) is 31.0 Å². The van der Waals surface area contributed by atoms with Crippen LogP contribution in [-0.4, -0.2) is 59.6 Å². The van der Waals surface area contributed by atoms with Crippen LogP contribution < -0.4 is 5.73 Å². The molecule has 0 unspecified atom stereocenters. The molecule has 34 heavy (non-hydrogen) atoms. The number of aromatic nitrogens is 1. The van der Waals surface area contributed by atoms with Crippen LogP contribution in [0.4, 0.5) is 0 Å². The van der Waals surface area contributed by atoms with Gasteiger partial charge in [0.15, 0.2) is 0 Å². The largest absolute Gasteiger partial charge is 0.368 e. The molecule has 2 amide bonds. The average Bonchev–Trinajstić information content (AvgIpc) is 3.33. The highest BCUT2D eigenvalue weighted by Crippen LogP contribution is 2.27. The number of hydrogen-bond donors (Lipinski definition) is 1.